The van der Waals surface area contributed by atoms with E-state index in [1.165, 1.54) is 11.3 Å². The highest BCUT2D eigenvalue weighted by molar-refractivity contribution is 7.15. The highest BCUT2D eigenvalue weighted by atomic mass is 35.5. The minimum atomic E-state index is -0.240. The van der Waals surface area contributed by atoms with Crippen LogP contribution >= 0.6 is 22.9 Å². The Hall–Kier alpha value is -0.120. The van der Waals surface area contributed by atoms with Crippen LogP contribution in [0.5, 0.6) is 0 Å². The van der Waals surface area contributed by atoms with Crippen LogP contribution in [0.4, 0.5) is 0 Å². The van der Waals surface area contributed by atoms with E-state index < -0.39 is 0 Å². The van der Waals surface area contributed by atoms with Gasteiger partial charge in [0.1, 0.15) is 0 Å². The molecule has 1 rings (SSSR count). The number of aryl methyl sites for hydroxylation is 1. The zero-order valence-electron chi connectivity index (χ0n) is 6.25. The van der Waals surface area contributed by atoms with E-state index in [-0.39, 0.29) is 6.10 Å². The second kappa shape index (κ2) is 4.04. The highest BCUT2D eigenvalue weighted by Gasteiger charge is 2.01. The van der Waals surface area contributed by atoms with Crippen LogP contribution in [0.15, 0.2) is 6.20 Å². The molecule has 11 heavy (non-hydrogen) atoms. The van der Waals surface area contributed by atoms with Gasteiger partial charge in [0.2, 0.25) is 0 Å². The molecule has 2 nitrogen and oxygen atoms in total. The normalized spacial score (nSPS) is 13.4. The van der Waals surface area contributed by atoms with Gasteiger partial charge in [-0.3, -0.25) is 0 Å². The summed E-state index contributed by atoms with van der Waals surface area (Å²) in [6, 6.07) is 0. The smallest absolute Gasteiger partial charge is 0.183 e. The molecule has 0 amide bonds. The Morgan fingerprint density at radius 2 is 2.55 bits per heavy atom. The van der Waals surface area contributed by atoms with E-state index >= 15 is 0 Å². The summed E-state index contributed by atoms with van der Waals surface area (Å²) < 4.78 is 0.575. The van der Waals surface area contributed by atoms with Crippen LogP contribution in [-0.4, -0.2) is 16.2 Å². The van der Waals surface area contributed by atoms with Crippen LogP contribution in [0.2, 0.25) is 4.47 Å². The minimum Gasteiger partial charge on any atom is -0.393 e. The summed E-state index contributed by atoms with van der Waals surface area (Å²) in [4.78, 5) is 5.03. The third-order valence-corrected chi connectivity index (χ3v) is 2.51. The molecule has 0 saturated heterocycles. The molecule has 1 atom stereocenters. The van der Waals surface area contributed by atoms with Gasteiger partial charge in [-0.1, -0.05) is 11.6 Å². The molecule has 0 aliphatic rings. The third kappa shape index (κ3) is 3.18. The maximum atomic E-state index is 8.97. The van der Waals surface area contributed by atoms with Crippen molar-refractivity contribution in [1.82, 2.24) is 4.98 Å². The summed E-state index contributed by atoms with van der Waals surface area (Å²) in [6.07, 6.45) is 3.16. The van der Waals surface area contributed by atoms with Crippen molar-refractivity contribution in [3.05, 3.63) is 15.5 Å². The molecule has 4 heteroatoms. The summed E-state index contributed by atoms with van der Waals surface area (Å²) in [5.41, 5.74) is 0. The molecule has 1 aromatic rings. The summed E-state index contributed by atoms with van der Waals surface area (Å²) in [5, 5.41) is 8.97. The SMILES string of the molecule is C[C@@H](O)CCc1cnc(Cl)s1. The van der Waals surface area contributed by atoms with Crippen molar-refractivity contribution in [3.63, 3.8) is 0 Å². The molecule has 0 aliphatic carbocycles. The first-order valence-electron chi connectivity index (χ1n) is 3.47. The van der Waals surface area contributed by atoms with Gasteiger partial charge in [-0.15, -0.1) is 11.3 Å². The van der Waals surface area contributed by atoms with Gasteiger partial charge in [-0.25, -0.2) is 4.98 Å². The van der Waals surface area contributed by atoms with Crippen molar-refractivity contribution in [2.24, 2.45) is 0 Å². The summed E-state index contributed by atoms with van der Waals surface area (Å²) in [5.74, 6) is 0. The Morgan fingerprint density at radius 3 is 3.00 bits per heavy atom. The summed E-state index contributed by atoms with van der Waals surface area (Å²) in [7, 11) is 0. The van der Waals surface area contributed by atoms with E-state index in [9.17, 15) is 0 Å². The van der Waals surface area contributed by atoms with Crippen LogP contribution in [0.1, 0.15) is 18.2 Å². The Bertz CT molecular complexity index is 224. The van der Waals surface area contributed by atoms with Gasteiger partial charge in [0.25, 0.3) is 0 Å². The molecule has 0 aromatic carbocycles. The second-order valence-electron chi connectivity index (χ2n) is 2.47. The number of hydrogen-bond donors (Lipinski definition) is 1. The van der Waals surface area contributed by atoms with Gasteiger partial charge in [-0.05, 0) is 19.8 Å². The topological polar surface area (TPSA) is 33.1 Å². The van der Waals surface area contributed by atoms with Crippen LogP contribution < -0.4 is 0 Å². The predicted octanol–water partition coefficient (Wildman–Crippen LogP) is 2.11. The maximum absolute atomic E-state index is 8.97. The molecule has 0 aliphatic heterocycles. The lowest BCUT2D eigenvalue weighted by molar-refractivity contribution is 0.185. The van der Waals surface area contributed by atoms with E-state index in [1.807, 2.05) is 0 Å². The molecule has 0 fully saturated rings. The van der Waals surface area contributed by atoms with Crippen LogP contribution in [0.3, 0.4) is 0 Å². The number of rotatable bonds is 3. The lowest BCUT2D eigenvalue weighted by Crippen LogP contribution is -1.99. The fourth-order valence-corrected chi connectivity index (χ4v) is 1.74. The number of hydrogen-bond acceptors (Lipinski definition) is 3. The van der Waals surface area contributed by atoms with Gasteiger partial charge in [-0.2, -0.15) is 0 Å². The fraction of sp³-hybridized carbons (Fsp3) is 0.571. The Labute approximate surface area is 74.8 Å². The van der Waals surface area contributed by atoms with E-state index in [4.69, 9.17) is 16.7 Å². The molecule has 1 N–H and O–H groups in total. The third-order valence-electron chi connectivity index (χ3n) is 1.33. The van der Waals surface area contributed by atoms with Crippen molar-refractivity contribution in [2.75, 3.05) is 0 Å². The quantitative estimate of drug-likeness (QED) is 0.794. The maximum Gasteiger partial charge on any atom is 0.183 e. The van der Waals surface area contributed by atoms with Gasteiger partial charge < -0.3 is 5.11 Å². The number of thiazole rings is 1. The number of nitrogens with zero attached hydrogens (tertiary/aromatic N) is 1. The van der Waals surface area contributed by atoms with Crippen LogP contribution in [0, 0.1) is 0 Å². The second-order valence-corrected chi connectivity index (χ2v) is 4.16. The van der Waals surface area contributed by atoms with E-state index in [0.717, 1.165) is 17.7 Å². The summed E-state index contributed by atoms with van der Waals surface area (Å²) >= 11 is 7.09. The monoisotopic (exact) mass is 191 g/mol. The first-order valence-corrected chi connectivity index (χ1v) is 4.66. The van der Waals surface area contributed by atoms with Crippen molar-refractivity contribution in [1.29, 1.82) is 0 Å². The van der Waals surface area contributed by atoms with Crippen LogP contribution in [0.25, 0.3) is 0 Å². The first kappa shape index (κ1) is 8.97. The molecule has 0 bridgehead atoms. The van der Waals surface area contributed by atoms with Gasteiger partial charge in [0, 0.05) is 11.1 Å². The fourth-order valence-electron chi connectivity index (χ4n) is 0.750. The molecular weight excluding hydrogens is 182 g/mol. The molecule has 0 unspecified atom stereocenters. The van der Waals surface area contributed by atoms with Gasteiger partial charge >= 0.3 is 0 Å². The van der Waals surface area contributed by atoms with E-state index in [0.29, 0.717) is 4.47 Å². The average molecular weight is 192 g/mol. The molecule has 0 radical (unpaired) electrons. The minimum absolute atomic E-state index is 0.240. The predicted molar refractivity (Wildman–Crippen MR) is 47.1 cm³/mol. The van der Waals surface area contributed by atoms with E-state index in [1.54, 1.807) is 13.1 Å². The molecule has 1 heterocycles. The van der Waals surface area contributed by atoms with Gasteiger partial charge in [0.05, 0.1) is 6.10 Å². The van der Waals surface area contributed by atoms with E-state index in [2.05, 4.69) is 4.98 Å². The largest absolute Gasteiger partial charge is 0.393 e. The van der Waals surface area contributed by atoms with Crippen molar-refractivity contribution in [2.45, 2.75) is 25.9 Å². The van der Waals surface area contributed by atoms with Crippen molar-refractivity contribution < 1.29 is 5.11 Å². The Kier molecular flexibility index (Phi) is 3.30. The lowest BCUT2D eigenvalue weighted by atomic mass is 10.2. The zero-order chi connectivity index (χ0) is 8.27. The Balaban J connectivity index is 2.39. The molecule has 0 spiro atoms. The highest BCUT2D eigenvalue weighted by Crippen LogP contribution is 2.19. The molecular formula is C7H10ClNOS. The standard InChI is InChI=1S/C7H10ClNOS/c1-5(10)2-3-6-4-9-7(8)11-6/h4-5,10H,2-3H2,1H3/t5-/m1/s1. The molecule has 62 valence electrons. The number of aliphatic hydroxyl groups excluding tert-OH is 1. The van der Waals surface area contributed by atoms with Crippen molar-refractivity contribution >= 4 is 22.9 Å². The lowest BCUT2D eigenvalue weighted by Gasteiger charge is -1.99. The number of aliphatic hydroxyl groups is 1. The number of halogens is 1. The van der Waals surface area contributed by atoms with Gasteiger partial charge in [0.15, 0.2) is 4.47 Å². The molecule has 0 saturated carbocycles. The zero-order valence-corrected chi connectivity index (χ0v) is 7.82. The first-order chi connectivity index (χ1) is 5.18. The van der Waals surface area contributed by atoms with Crippen LogP contribution in [-0.2, 0) is 6.42 Å². The number of aromatic nitrogens is 1. The average Bonchev–Trinajstić information content (AvgIpc) is 2.31. The summed E-state index contributed by atoms with van der Waals surface area (Å²) in [6.45, 7) is 1.78. The molecule has 1 aromatic heterocycles. The Morgan fingerprint density at radius 1 is 1.82 bits per heavy atom. The van der Waals surface area contributed by atoms with Crippen molar-refractivity contribution in [3.8, 4) is 0 Å².